The van der Waals surface area contributed by atoms with E-state index < -0.39 is 0 Å². The number of fused-ring (bicyclic) bond motifs is 1. The number of hydrogen-bond donors (Lipinski definition) is 1. The minimum atomic E-state index is -0.0401. The average molecular weight is 378 g/mol. The lowest BCUT2D eigenvalue weighted by Gasteiger charge is -2.24. The Morgan fingerprint density at radius 1 is 1.18 bits per heavy atom. The van der Waals surface area contributed by atoms with Gasteiger partial charge in [0, 0.05) is 25.1 Å². The van der Waals surface area contributed by atoms with Crippen LogP contribution in [0.3, 0.4) is 0 Å². The summed E-state index contributed by atoms with van der Waals surface area (Å²) in [6.45, 7) is 5.44. The van der Waals surface area contributed by atoms with E-state index in [1.807, 2.05) is 42.5 Å². The molecule has 146 valence electrons. The standard InChI is InChI=1S/C23H26N2O3/c1-23(10-11-25(2)15-23)14-24-22(27)17-5-3-16(4-6-17)18-7-8-19-20(26)9-12-28-21(19)13-18/h3-8,13H,9-12,14-15H2,1-2H3,(H,24,27)/t23-/m1/s1. The number of likely N-dealkylation sites (tertiary alicyclic amines) is 1. The minimum Gasteiger partial charge on any atom is -0.492 e. The van der Waals surface area contributed by atoms with Crippen LogP contribution in [0.15, 0.2) is 42.5 Å². The van der Waals surface area contributed by atoms with Gasteiger partial charge in [-0.25, -0.2) is 0 Å². The van der Waals surface area contributed by atoms with Gasteiger partial charge >= 0.3 is 0 Å². The Hall–Kier alpha value is -2.66. The molecule has 2 aliphatic rings. The van der Waals surface area contributed by atoms with Crippen LogP contribution in [-0.2, 0) is 0 Å². The van der Waals surface area contributed by atoms with Gasteiger partial charge in [-0.15, -0.1) is 0 Å². The molecule has 5 nitrogen and oxygen atoms in total. The van der Waals surface area contributed by atoms with Crippen molar-refractivity contribution in [1.29, 1.82) is 0 Å². The molecule has 1 saturated heterocycles. The number of Topliss-reactive ketones (excluding diaryl/α,β-unsaturated/α-hetero) is 1. The summed E-state index contributed by atoms with van der Waals surface area (Å²) < 4.78 is 5.63. The SMILES string of the molecule is CN1CC[C@](C)(CNC(=O)c2ccc(-c3ccc4c(c3)OCCC4=O)cc2)C1. The summed E-state index contributed by atoms with van der Waals surface area (Å²) in [5.74, 6) is 0.731. The van der Waals surface area contributed by atoms with E-state index in [1.165, 1.54) is 0 Å². The first-order valence-electron chi connectivity index (χ1n) is 9.81. The summed E-state index contributed by atoms with van der Waals surface area (Å²) in [7, 11) is 2.12. The van der Waals surface area contributed by atoms with Crippen molar-refractivity contribution >= 4 is 11.7 Å². The molecule has 0 saturated carbocycles. The highest BCUT2D eigenvalue weighted by molar-refractivity contribution is 6.00. The summed E-state index contributed by atoms with van der Waals surface area (Å²) in [5, 5.41) is 3.08. The van der Waals surface area contributed by atoms with Crippen LogP contribution in [0.4, 0.5) is 0 Å². The Morgan fingerprint density at radius 3 is 2.64 bits per heavy atom. The fraction of sp³-hybridized carbons (Fsp3) is 0.391. The highest BCUT2D eigenvalue weighted by Gasteiger charge is 2.32. The van der Waals surface area contributed by atoms with Crippen molar-refractivity contribution in [3.63, 3.8) is 0 Å². The Bertz CT molecular complexity index is 907. The first-order chi connectivity index (χ1) is 13.4. The van der Waals surface area contributed by atoms with Crippen molar-refractivity contribution in [3.8, 4) is 16.9 Å². The van der Waals surface area contributed by atoms with Crippen LogP contribution in [0.25, 0.3) is 11.1 Å². The fourth-order valence-corrected chi connectivity index (χ4v) is 4.06. The molecule has 5 heteroatoms. The number of carbonyl (C=O) groups excluding carboxylic acids is 2. The molecule has 0 bridgehead atoms. The Balaban J connectivity index is 1.44. The third-order valence-electron chi connectivity index (χ3n) is 5.77. The second-order valence-corrected chi connectivity index (χ2v) is 8.29. The maximum atomic E-state index is 12.5. The first kappa shape index (κ1) is 18.7. The number of nitrogens with zero attached hydrogens (tertiary/aromatic N) is 1. The van der Waals surface area contributed by atoms with Gasteiger partial charge in [0.15, 0.2) is 5.78 Å². The molecule has 0 spiro atoms. The lowest BCUT2D eigenvalue weighted by atomic mass is 9.90. The van der Waals surface area contributed by atoms with Gasteiger partial charge in [-0.1, -0.05) is 25.1 Å². The molecule has 4 rings (SSSR count). The number of carbonyl (C=O) groups is 2. The van der Waals surface area contributed by atoms with Crippen LogP contribution in [0.1, 0.15) is 40.5 Å². The molecule has 1 N–H and O–H groups in total. The van der Waals surface area contributed by atoms with Crippen molar-refractivity contribution in [2.75, 3.05) is 33.3 Å². The van der Waals surface area contributed by atoms with E-state index in [4.69, 9.17) is 4.74 Å². The Morgan fingerprint density at radius 2 is 1.93 bits per heavy atom. The number of amides is 1. The summed E-state index contributed by atoms with van der Waals surface area (Å²) in [6, 6.07) is 13.2. The Labute approximate surface area is 165 Å². The van der Waals surface area contributed by atoms with Crippen LogP contribution >= 0.6 is 0 Å². The lowest BCUT2D eigenvalue weighted by molar-refractivity contribution is 0.0926. The zero-order chi connectivity index (χ0) is 19.7. The van der Waals surface area contributed by atoms with Gasteiger partial charge in [-0.2, -0.15) is 0 Å². The van der Waals surface area contributed by atoms with Crippen molar-refractivity contribution in [2.24, 2.45) is 5.41 Å². The van der Waals surface area contributed by atoms with Gasteiger partial charge in [0.1, 0.15) is 5.75 Å². The third kappa shape index (κ3) is 3.80. The van der Waals surface area contributed by atoms with Gasteiger partial charge in [0.25, 0.3) is 5.91 Å². The molecule has 1 amide bonds. The van der Waals surface area contributed by atoms with Crippen LogP contribution < -0.4 is 10.1 Å². The second kappa shape index (κ2) is 7.40. The van der Waals surface area contributed by atoms with Crippen LogP contribution in [-0.4, -0.2) is 49.9 Å². The molecule has 0 radical (unpaired) electrons. The molecule has 0 unspecified atom stereocenters. The highest BCUT2D eigenvalue weighted by atomic mass is 16.5. The average Bonchev–Trinajstić information content (AvgIpc) is 3.05. The fourth-order valence-electron chi connectivity index (χ4n) is 4.06. The number of rotatable bonds is 4. The number of ketones is 1. The predicted octanol–water partition coefficient (Wildman–Crippen LogP) is 3.39. The molecular weight excluding hydrogens is 352 g/mol. The van der Waals surface area contributed by atoms with Gasteiger partial charge in [-0.05, 0) is 60.8 Å². The maximum absolute atomic E-state index is 12.5. The smallest absolute Gasteiger partial charge is 0.251 e. The molecule has 28 heavy (non-hydrogen) atoms. The predicted molar refractivity (Wildman–Crippen MR) is 109 cm³/mol. The van der Waals surface area contributed by atoms with Crippen molar-refractivity contribution in [1.82, 2.24) is 10.2 Å². The molecule has 0 aliphatic carbocycles. The van der Waals surface area contributed by atoms with Crippen molar-refractivity contribution in [3.05, 3.63) is 53.6 Å². The van der Waals surface area contributed by atoms with Gasteiger partial charge in [0.05, 0.1) is 12.2 Å². The summed E-state index contributed by atoms with van der Waals surface area (Å²) in [5.41, 5.74) is 3.41. The quantitative estimate of drug-likeness (QED) is 0.886. The van der Waals surface area contributed by atoms with E-state index in [-0.39, 0.29) is 17.1 Å². The van der Waals surface area contributed by atoms with E-state index in [2.05, 4.69) is 24.2 Å². The molecule has 2 aromatic carbocycles. The molecule has 2 aliphatic heterocycles. The molecule has 2 aromatic rings. The third-order valence-corrected chi connectivity index (χ3v) is 5.77. The van der Waals surface area contributed by atoms with Crippen molar-refractivity contribution < 1.29 is 14.3 Å². The molecule has 0 aromatic heterocycles. The topological polar surface area (TPSA) is 58.6 Å². The largest absolute Gasteiger partial charge is 0.492 e. The normalized spacial score (nSPS) is 21.9. The molecule has 2 heterocycles. The van der Waals surface area contributed by atoms with Gasteiger partial charge in [0.2, 0.25) is 0 Å². The molecule has 1 fully saturated rings. The van der Waals surface area contributed by atoms with E-state index >= 15 is 0 Å². The van der Waals surface area contributed by atoms with Gasteiger partial charge < -0.3 is 15.0 Å². The summed E-state index contributed by atoms with van der Waals surface area (Å²) in [6.07, 6.45) is 1.54. The van der Waals surface area contributed by atoms with E-state index in [1.54, 1.807) is 0 Å². The minimum absolute atomic E-state index is 0.0401. The van der Waals surface area contributed by atoms with E-state index in [0.29, 0.717) is 36.4 Å². The highest BCUT2D eigenvalue weighted by Crippen LogP contribution is 2.31. The van der Waals surface area contributed by atoms with Crippen LogP contribution in [0, 0.1) is 5.41 Å². The lowest BCUT2D eigenvalue weighted by Crippen LogP contribution is -2.37. The van der Waals surface area contributed by atoms with E-state index in [9.17, 15) is 9.59 Å². The van der Waals surface area contributed by atoms with Gasteiger partial charge in [-0.3, -0.25) is 9.59 Å². The van der Waals surface area contributed by atoms with E-state index in [0.717, 1.165) is 30.6 Å². The summed E-state index contributed by atoms with van der Waals surface area (Å²) >= 11 is 0. The zero-order valence-corrected chi connectivity index (χ0v) is 16.5. The summed E-state index contributed by atoms with van der Waals surface area (Å²) in [4.78, 5) is 26.7. The second-order valence-electron chi connectivity index (χ2n) is 8.29. The number of nitrogens with one attached hydrogen (secondary N) is 1. The number of ether oxygens (including phenoxy) is 1. The number of benzene rings is 2. The zero-order valence-electron chi connectivity index (χ0n) is 16.5. The number of hydrogen-bond acceptors (Lipinski definition) is 4. The molecular formula is C23H26N2O3. The first-order valence-corrected chi connectivity index (χ1v) is 9.81. The van der Waals surface area contributed by atoms with Crippen LogP contribution in [0.2, 0.25) is 0 Å². The monoisotopic (exact) mass is 378 g/mol. The molecule has 1 atom stereocenters. The Kier molecular flexibility index (Phi) is 4.94. The van der Waals surface area contributed by atoms with Crippen molar-refractivity contribution in [2.45, 2.75) is 19.8 Å². The van der Waals surface area contributed by atoms with Crippen LogP contribution in [0.5, 0.6) is 5.75 Å². The maximum Gasteiger partial charge on any atom is 0.251 e.